The molecule has 1 aliphatic heterocycles. The zero-order valence-corrected chi connectivity index (χ0v) is 19.4. The van der Waals surface area contributed by atoms with E-state index in [0.29, 0.717) is 30.9 Å². The van der Waals surface area contributed by atoms with E-state index in [4.69, 9.17) is 4.52 Å². The molecule has 0 aliphatic carbocycles. The highest BCUT2D eigenvalue weighted by atomic mass is 32.2. The van der Waals surface area contributed by atoms with Crippen molar-refractivity contribution in [2.45, 2.75) is 31.6 Å². The molecule has 0 spiro atoms. The predicted molar refractivity (Wildman–Crippen MR) is 124 cm³/mol. The molecule has 1 amide bonds. The minimum atomic E-state index is -3.88. The van der Waals surface area contributed by atoms with Crippen LogP contribution in [0.15, 0.2) is 45.3 Å². The third-order valence-electron chi connectivity index (χ3n) is 5.38. The van der Waals surface area contributed by atoms with Crippen molar-refractivity contribution in [2.24, 2.45) is 5.92 Å². The molecule has 1 aliphatic rings. The smallest absolute Gasteiger partial charge is 0.248 e. The molecule has 4 rings (SSSR count). The van der Waals surface area contributed by atoms with Crippen molar-refractivity contribution in [1.82, 2.24) is 14.4 Å². The Morgan fingerprint density at radius 2 is 2.12 bits per heavy atom. The van der Waals surface area contributed by atoms with Gasteiger partial charge >= 0.3 is 0 Å². The van der Waals surface area contributed by atoms with E-state index in [9.17, 15) is 13.2 Å². The van der Waals surface area contributed by atoms with Crippen LogP contribution in [-0.4, -0.2) is 41.9 Å². The highest BCUT2D eigenvalue weighted by Crippen LogP contribution is 2.30. The van der Waals surface area contributed by atoms with Gasteiger partial charge in [-0.3, -0.25) is 4.79 Å². The van der Waals surface area contributed by atoms with Crippen LogP contribution >= 0.6 is 11.3 Å². The fourth-order valence-electron chi connectivity index (χ4n) is 3.68. The van der Waals surface area contributed by atoms with Gasteiger partial charge in [-0.05, 0) is 61.9 Å². The van der Waals surface area contributed by atoms with Gasteiger partial charge in [0.1, 0.15) is 11.5 Å². The van der Waals surface area contributed by atoms with Gasteiger partial charge in [-0.15, -0.1) is 11.3 Å². The van der Waals surface area contributed by atoms with E-state index in [1.807, 2.05) is 30.5 Å². The first-order valence-corrected chi connectivity index (χ1v) is 12.6. The maximum absolute atomic E-state index is 13.5. The average Bonchev–Trinajstić information content (AvgIpc) is 3.43. The topological polar surface area (TPSA) is 105 Å². The van der Waals surface area contributed by atoms with Gasteiger partial charge in [0, 0.05) is 24.2 Å². The Hall–Kier alpha value is -2.82. The van der Waals surface area contributed by atoms with Crippen LogP contribution < -0.4 is 5.32 Å². The molecular formula is C22H24N4O4S2. The second kappa shape index (κ2) is 9.35. The summed E-state index contributed by atoms with van der Waals surface area (Å²) in [5, 5.41) is 8.65. The molecule has 1 atom stereocenters. The number of amides is 1. The largest absolute Gasteiger partial charge is 0.355 e. The number of hydrogen-bond donors (Lipinski definition) is 1. The summed E-state index contributed by atoms with van der Waals surface area (Å²) in [5.41, 5.74) is 1.15. The third kappa shape index (κ3) is 4.67. The van der Waals surface area contributed by atoms with E-state index in [2.05, 4.69) is 15.5 Å². The van der Waals surface area contributed by atoms with Crippen molar-refractivity contribution in [1.29, 1.82) is 0 Å². The monoisotopic (exact) mass is 472 g/mol. The molecular weight excluding hydrogens is 448 g/mol. The van der Waals surface area contributed by atoms with Gasteiger partial charge in [0.2, 0.25) is 15.9 Å². The van der Waals surface area contributed by atoms with Crippen molar-refractivity contribution in [3.8, 4) is 0 Å². The number of nitrogens with zero attached hydrogens (tertiary/aromatic N) is 3. The quantitative estimate of drug-likeness (QED) is 0.582. The second-order valence-corrected chi connectivity index (χ2v) is 10.5. The summed E-state index contributed by atoms with van der Waals surface area (Å²) in [6, 6.07) is 7.50. The lowest BCUT2D eigenvalue weighted by Gasteiger charge is -2.31. The third-order valence-corrected chi connectivity index (χ3v) is 8.24. The van der Waals surface area contributed by atoms with E-state index >= 15 is 0 Å². The lowest BCUT2D eigenvalue weighted by molar-refractivity contribution is -0.120. The lowest BCUT2D eigenvalue weighted by atomic mass is 9.99. The average molecular weight is 473 g/mol. The van der Waals surface area contributed by atoms with Crippen molar-refractivity contribution < 1.29 is 17.7 Å². The molecule has 0 aromatic carbocycles. The van der Waals surface area contributed by atoms with Gasteiger partial charge in [0.15, 0.2) is 10.7 Å². The SMILES string of the molecule is Cc1cccnc1NC(=O)[C@@H]1CCCN(S(=O)(=O)c2c(C)noc2/C=C/c2cccs2)C1. The van der Waals surface area contributed by atoms with Crippen molar-refractivity contribution in [2.75, 3.05) is 18.4 Å². The summed E-state index contributed by atoms with van der Waals surface area (Å²) in [7, 11) is -3.88. The molecule has 32 heavy (non-hydrogen) atoms. The molecule has 0 bridgehead atoms. The first-order chi connectivity index (χ1) is 15.4. The van der Waals surface area contributed by atoms with E-state index in [0.717, 1.165) is 10.4 Å². The highest BCUT2D eigenvalue weighted by molar-refractivity contribution is 7.89. The van der Waals surface area contributed by atoms with Gasteiger partial charge in [-0.1, -0.05) is 17.3 Å². The van der Waals surface area contributed by atoms with Crippen LogP contribution in [0.25, 0.3) is 12.2 Å². The molecule has 8 nitrogen and oxygen atoms in total. The maximum Gasteiger partial charge on any atom is 0.248 e. The fourth-order valence-corrected chi connectivity index (χ4v) is 6.07. The van der Waals surface area contributed by atoms with Gasteiger partial charge in [-0.2, -0.15) is 4.31 Å². The van der Waals surface area contributed by atoms with Crippen molar-refractivity contribution >= 4 is 45.2 Å². The Kier molecular flexibility index (Phi) is 6.54. The number of carbonyl (C=O) groups excluding carboxylic acids is 1. The first kappa shape index (κ1) is 22.4. The zero-order chi connectivity index (χ0) is 22.7. The van der Waals surface area contributed by atoms with Gasteiger partial charge in [0.25, 0.3) is 0 Å². The Bertz CT molecular complexity index is 1230. The van der Waals surface area contributed by atoms with Crippen LogP contribution in [0.1, 0.15) is 34.7 Å². The summed E-state index contributed by atoms with van der Waals surface area (Å²) in [6.45, 7) is 3.91. The molecule has 3 aromatic rings. The normalized spacial score (nSPS) is 17.6. The number of hydrogen-bond acceptors (Lipinski definition) is 7. The minimum absolute atomic E-state index is 0.0481. The van der Waals surface area contributed by atoms with Crippen LogP contribution in [0.5, 0.6) is 0 Å². The summed E-state index contributed by atoms with van der Waals surface area (Å²) in [5.74, 6) is -0.0169. The van der Waals surface area contributed by atoms with Gasteiger partial charge in [-0.25, -0.2) is 13.4 Å². The molecule has 0 radical (unpaired) electrons. The number of nitrogens with one attached hydrogen (secondary N) is 1. The number of sulfonamides is 1. The molecule has 168 valence electrons. The number of pyridine rings is 1. The standard InChI is InChI=1S/C22H24N4O4S2/c1-15-6-3-11-23-21(15)24-22(27)17-7-4-12-26(14-17)32(28,29)20-16(2)25-30-19(20)10-9-18-8-5-13-31-18/h3,5-6,8-11,13,17H,4,7,12,14H2,1-2H3,(H,23,24,27)/b10-9+/t17-/m1/s1. The molecule has 3 aromatic heterocycles. The molecule has 1 N–H and O–H groups in total. The van der Waals surface area contributed by atoms with Crippen LogP contribution in [0.2, 0.25) is 0 Å². The number of carbonyl (C=O) groups is 1. The lowest BCUT2D eigenvalue weighted by Crippen LogP contribution is -2.44. The second-order valence-electron chi connectivity index (χ2n) is 7.67. The fraction of sp³-hybridized carbons (Fsp3) is 0.318. The molecule has 4 heterocycles. The van der Waals surface area contributed by atoms with E-state index < -0.39 is 15.9 Å². The molecule has 0 unspecified atom stereocenters. The molecule has 0 saturated carbocycles. The number of aryl methyl sites for hydroxylation is 2. The summed E-state index contributed by atoms with van der Waals surface area (Å²) >= 11 is 1.54. The molecule has 1 saturated heterocycles. The molecule has 1 fully saturated rings. The predicted octanol–water partition coefficient (Wildman–Crippen LogP) is 3.96. The van der Waals surface area contributed by atoms with Crippen LogP contribution in [0.3, 0.4) is 0 Å². The van der Waals surface area contributed by atoms with Gasteiger partial charge in [0.05, 0.1) is 5.92 Å². The zero-order valence-electron chi connectivity index (χ0n) is 17.8. The highest BCUT2D eigenvalue weighted by Gasteiger charge is 2.37. The van der Waals surface area contributed by atoms with Crippen LogP contribution in [-0.2, 0) is 14.8 Å². The minimum Gasteiger partial charge on any atom is -0.355 e. The number of aromatic nitrogens is 2. The Labute approximate surface area is 191 Å². The first-order valence-electron chi connectivity index (χ1n) is 10.3. The number of thiophene rings is 1. The van der Waals surface area contributed by atoms with Crippen LogP contribution in [0, 0.1) is 19.8 Å². The summed E-state index contributed by atoms with van der Waals surface area (Å²) in [6.07, 6.45) is 6.23. The Morgan fingerprint density at radius 3 is 2.88 bits per heavy atom. The molecule has 10 heteroatoms. The summed E-state index contributed by atoms with van der Waals surface area (Å²) < 4.78 is 33.6. The number of rotatable bonds is 6. The maximum atomic E-state index is 13.5. The van der Waals surface area contributed by atoms with Crippen LogP contribution in [0.4, 0.5) is 5.82 Å². The summed E-state index contributed by atoms with van der Waals surface area (Å²) in [4.78, 5) is 18.1. The Morgan fingerprint density at radius 1 is 1.28 bits per heavy atom. The van der Waals surface area contributed by atoms with Crippen molar-refractivity contribution in [3.05, 3.63) is 57.7 Å². The Balaban J connectivity index is 1.54. The van der Waals surface area contributed by atoms with Crippen molar-refractivity contribution in [3.63, 3.8) is 0 Å². The van der Waals surface area contributed by atoms with Gasteiger partial charge < -0.3 is 9.84 Å². The van der Waals surface area contributed by atoms with E-state index in [1.54, 1.807) is 31.3 Å². The van der Waals surface area contributed by atoms with E-state index in [-0.39, 0.29) is 23.1 Å². The number of anilines is 1. The number of piperidine rings is 1. The van der Waals surface area contributed by atoms with E-state index in [1.165, 1.54) is 15.6 Å².